The first-order valence-corrected chi connectivity index (χ1v) is 11.9. The van der Waals surface area contributed by atoms with Crippen LogP contribution in [0.15, 0.2) is 60.8 Å². The van der Waals surface area contributed by atoms with E-state index in [-0.39, 0.29) is 17.2 Å². The second kappa shape index (κ2) is 13.3. The molecule has 0 bridgehead atoms. The lowest BCUT2D eigenvalue weighted by Gasteiger charge is -2.26. The molecule has 11 heteroatoms. The molecule has 0 saturated heterocycles. The highest BCUT2D eigenvalue weighted by atomic mass is 19.1. The number of ether oxygens (including phenoxy) is 4. The number of carbonyl (C=O) groups is 3. The number of amides is 1. The van der Waals surface area contributed by atoms with Crippen LogP contribution in [0, 0.1) is 11.6 Å². The molecule has 206 valence electrons. The van der Waals surface area contributed by atoms with Gasteiger partial charge in [0, 0.05) is 25.1 Å². The van der Waals surface area contributed by atoms with Gasteiger partial charge in [-0.25, -0.2) is 18.6 Å². The van der Waals surface area contributed by atoms with Gasteiger partial charge in [-0.1, -0.05) is 24.3 Å². The highest BCUT2D eigenvalue weighted by molar-refractivity contribution is 5.98. The zero-order chi connectivity index (χ0) is 28.5. The Morgan fingerprint density at radius 2 is 1.49 bits per heavy atom. The molecular weight excluding hydrogens is 514 g/mol. The van der Waals surface area contributed by atoms with Crippen molar-refractivity contribution >= 4 is 17.8 Å². The molecule has 3 aromatic rings. The Morgan fingerprint density at radius 1 is 0.923 bits per heavy atom. The molecule has 1 aromatic heterocycles. The van der Waals surface area contributed by atoms with Crippen LogP contribution in [0.4, 0.5) is 8.78 Å². The number of rotatable bonds is 11. The van der Waals surface area contributed by atoms with E-state index in [1.165, 1.54) is 57.5 Å². The zero-order valence-corrected chi connectivity index (χ0v) is 21.8. The molecule has 0 radical (unpaired) electrons. The number of halogens is 2. The quantitative estimate of drug-likeness (QED) is 0.284. The smallest absolute Gasteiger partial charge is 0.328 e. The van der Waals surface area contributed by atoms with E-state index in [9.17, 15) is 23.2 Å². The van der Waals surface area contributed by atoms with Crippen molar-refractivity contribution in [3.8, 4) is 11.5 Å². The third kappa shape index (κ3) is 7.73. The second-order valence-electron chi connectivity index (χ2n) is 8.51. The lowest BCUT2D eigenvalue weighted by Crippen LogP contribution is -2.41. The maximum absolute atomic E-state index is 13.5. The van der Waals surface area contributed by atoms with Gasteiger partial charge >= 0.3 is 11.9 Å². The zero-order valence-electron chi connectivity index (χ0n) is 21.8. The number of hydrogen-bond donors (Lipinski definition) is 1. The van der Waals surface area contributed by atoms with Gasteiger partial charge in [-0.15, -0.1) is 0 Å². The van der Waals surface area contributed by atoms with Gasteiger partial charge in [0.2, 0.25) is 6.79 Å². The number of esters is 2. The third-order valence-electron chi connectivity index (χ3n) is 5.70. The maximum atomic E-state index is 13.5. The minimum atomic E-state index is -1.11. The fourth-order valence-corrected chi connectivity index (χ4v) is 3.82. The first-order chi connectivity index (χ1) is 18.6. The summed E-state index contributed by atoms with van der Waals surface area (Å²) in [4.78, 5) is 41.0. The number of benzene rings is 2. The molecule has 1 N–H and O–H groups in total. The van der Waals surface area contributed by atoms with Crippen LogP contribution in [0.5, 0.6) is 11.5 Å². The van der Waals surface area contributed by atoms with Crippen molar-refractivity contribution in [1.29, 1.82) is 0 Å². The second-order valence-corrected chi connectivity index (χ2v) is 8.51. The molecule has 39 heavy (non-hydrogen) atoms. The molecule has 0 saturated carbocycles. The number of nitrogens with zero attached hydrogens (tertiary/aromatic N) is 1. The summed E-state index contributed by atoms with van der Waals surface area (Å²) in [6.07, 6.45) is 0.540. The molecule has 0 aliphatic rings. The number of pyridine rings is 1. The van der Waals surface area contributed by atoms with Crippen LogP contribution < -0.4 is 14.8 Å². The van der Waals surface area contributed by atoms with Crippen LogP contribution in [0.1, 0.15) is 48.3 Å². The summed E-state index contributed by atoms with van der Waals surface area (Å²) >= 11 is 0. The van der Waals surface area contributed by atoms with Gasteiger partial charge in [-0.05, 0) is 49.2 Å². The topological polar surface area (TPSA) is 113 Å². The van der Waals surface area contributed by atoms with Crippen molar-refractivity contribution in [2.24, 2.45) is 0 Å². The van der Waals surface area contributed by atoms with Crippen molar-refractivity contribution in [3.63, 3.8) is 0 Å². The van der Waals surface area contributed by atoms with Crippen molar-refractivity contribution in [2.45, 2.75) is 38.8 Å². The maximum Gasteiger partial charge on any atom is 0.328 e. The van der Waals surface area contributed by atoms with Gasteiger partial charge < -0.3 is 24.3 Å². The van der Waals surface area contributed by atoms with Crippen LogP contribution in [0.2, 0.25) is 0 Å². The van der Waals surface area contributed by atoms with Gasteiger partial charge in [0.05, 0.1) is 7.11 Å². The molecule has 3 rings (SSSR count). The van der Waals surface area contributed by atoms with Crippen LogP contribution in [0.3, 0.4) is 0 Å². The monoisotopic (exact) mass is 542 g/mol. The van der Waals surface area contributed by atoms with Gasteiger partial charge in [0.1, 0.15) is 23.8 Å². The highest BCUT2D eigenvalue weighted by Crippen LogP contribution is 2.31. The molecule has 0 unspecified atom stereocenters. The molecule has 0 aliphatic carbocycles. The summed E-state index contributed by atoms with van der Waals surface area (Å²) < 4.78 is 48.1. The molecule has 2 aromatic carbocycles. The summed E-state index contributed by atoms with van der Waals surface area (Å²) in [5.74, 6) is -3.44. The minimum absolute atomic E-state index is 0.0830. The van der Waals surface area contributed by atoms with Crippen LogP contribution in [-0.2, 0) is 19.1 Å². The predicted octanol–water partition coefficient (Wildman–Crippen LogP) is 4.15. The number of nitrogens with one attached hydrogen (secondary N) is 1. The molecular formula is C28H28F2N2O7. The summed E-state index contributed by atoms with van der Waals surface area (Å²) in [7, 11) is 1.36. The van der Waals surface area contributed by atoms with E-state index in [0.717, 1.165) is 0 Å². The average Bonchev–Trinajstić information content (AvgIpc) is 2.90. The van der Waals surface area contributed by atoms with Crippen LogP contribution >= 0.6 is 0 Å². The average molecular weight is 543 g/mol. The van der Waals surface area contributed by atoms with E-state index in [1.807, 2.05) is 0 Å². The van der Waals surface area contributed by atoms with Crippen LogP contribution in [0.25, 0.3) is 0 Å². The predicted molar refractivity (Wildman–Crippen MR) is 135 cm³/mol. The van der Waals surface area contributed by atoms with Crippen molar-refractivity contribution in [3.05, 3.63) is 89.2 Å². The van der Waals surface area contributed by atoms with E-state index in [1.54, 1.807) is 31.2 Å². The molecule has 9 nitrogen and oxygen atoms in total. The standard InChI is InChI=1S/C28H28F2N2O7/c1-16(32-27(34)25-26(38-15-37-18(3)33)23(36-4)13-14-31-25)28(35)39-17(2)24(19-5-9-21(29)10-6-19)20-7-11-22(30)12-8-20/h5-14,16-17,24H,15H2,1-4H3,(H,32,34)/t16-,17+/m0/s1. The van der Waals surface area contributed by atoms with Gasteiger partial charge in [-0.3, -0.25) is 9.59 Å². The molecule has 1 heterocycles. The largest absolute Gasteiger partial charge is 0.493 e. The van der Waals surface area contributed by atoms with E-state index in [2.05, 4.69) is 10.3 Å². The van der Waals surface area contributed by atoms with E-state index in [4.69, 9.17) is 18.9 Å². The Hall–Kier alpha value is -4.54. The van der Waals surface area contributed by atoms with Crippen molar-refractivity contribution < 1.29 is 42.1 Å². The molecule has 0 spiro atoms. The Balaban J connectivity index is 1.75. The van der Waals surface area contributed by atoms with E-state index < -0.39 is 54.3 Å². The summed E-state index contributed by atoms with van der Waals surface area (Å²) in [5, 5.41) is 2.51. The molecule has 1 amide bonds. The van der Waals surface area contributed by atoms with Crippen molar-refractivity contribution in [2.75, 3.05) is 13.9 Å². The Morgan fingerprint density at radius 3 is 2.00 bits per heavy atom. The fourth-order valence-electron chi connectivity index (χ4n) is 3.82. The van der Waals surface area contributed by atoms with Crippen LogP contribution in [-0.4, -0.2) is 48.9 Å². The molecule has 0 aliphatic heterocycles. The summed E-state index contributed by atoms with van der Waals surface area (Å²) in [6, 6.07) is 11.7. The van der Waals surface area contributed by atoms with Gasteiger partial charge in [0.25, 0.3) is 5.91 Å². The first-order valence-electron chi connectivity index (χ1n) is 11.9. The lowest BCUT2D eigenvalue weighted by molar-refractivity contribution is -0.151. The fraction of sp³-hybridized carbons (Fsp3) is 0.286. The third-order valence-corrected chi connectivity index (χ3v) is 5.70. The Bertz CT molecular complexity index is 1250. The first kappa shape index (κ1) is 29.0. The van der Waals surface area contributed by atoms with E-state index in [0.29, 0.717) is 11.1 Å². The highest BCUT2D eigenvalue weighted by Gasteiger charge is 2.29. The van der Waals surface area contributed by atoms with Gasteiger partial charge in [-0.2, -0.15) is 0 Å². The van der Waals surface area contributed by atoms with Gasteiger partial charge in [0.15, 0.2) is 17.2 Å². The molecule has 0 fully saturated rings. The minimum Gasteiger partial charge on any atom is -0.493 e. The SMILES string of the molecule is COc1ccnc(C(=O)N[C@@H](C)C(=O)O[C@H](C)C(c2ccc(F)cc2)c2ccc(F)cc2)c1OCOC(C)=O. The number of aromatic nitrogens is 1. The lowest BCUT2D eigenvalue weighted by atomic mass is 9.87. The molecule has 2 atom stereocenters. The Labute approximate surface area is 224 Å². The van der Waals surface area contributed by atoms with E-state index >= 15 is 0 Å². The summed E-state index contributed by atoms with van der Waals surface area (Å²) in [6.45, 7) is 3.79. The van der Waals surface area contributed by atoms with Crippen molar-refractivity contribution in [1.82, 2.24) is 10.3 Å². The summed E-state index contributed by atoms with van der Waals surface area (Å²) in [5.41, 5.74) is 1.09. The number of carbonyl (C=O) groups excluding carboxylic acids is 3. The Kier molecular flexibility index (Phi) is 9.91. The normalized spacial score (nSPS) is 12.3. The number of methoxy groups -OCH3 is 1. The number of hydrogen-bond acceptors (Lipinski definition) is 8.